The summed E-state index contributed by atoms with van der Waals surface area (Å²) in [5.74, 6) is -1.59. The maximum absolute atomic E-state index is 13.3. The average molecular weight is 354 g/mol. The van der Waals surface area contributed by atoms with E-state index >= 15 is 0 Å². The van der Waals surface area contributed by atoms with E-state index in [1.165, 1.54) is 17.7 Å². The van der Waals surface area contributed by atoms with E-state index in [1.54, 1.807) is 6.07 Å². The zero-order chi connectivity index (χ0) is 15.2. The Hall–Kier alpha value is -1.26. The molecule has 1 unspecified atom stereocenters. The van der Waals surface area contributed by atoms with Gasteiger partial charge in [-0.15, -0.1) is 0 Å². The summed E-state index contributed by atoms with van der Waals surface area (Å²) < 4.78 is 27.4. The maximum Gasteiger partial charge on any atom is 0.159 e. The molecule has 21 heavy (non-hydrogen) atoms. The Morgan fingerprint density at radius 1 is 1.05 bits per heavy atom. The fraction of sp³-hybridized carbons (Fsp3) is 0.294. The van der Waals surface area contributed by atoms with Crippen LogP contribution in [-0.4, -0.2) is 12.6 Å². The molecule has 0 saturated heterocycles. The molecule has 2 aromatic rings. The zero-order valence-corrected chi connectivity index (χ0v) is 13.5. The quantitative estimate of drug-likeness (QED) is 0.806. The molecular weight excluding hydrogens is 336 g/mol. The molecule has 2 aromatic carbocycles. The predicted octanol–water partition coefficient (Wildman–Crippen LogP) is 4.49. The van der Waals surface area contributed by atoms with Gasteiger partial charge in [0, 0.05) is 10.5 Å². The minimum Gasteiger partial charge on any atom is -0.314 e. The van der Waals surface area contributed by atoms with E-state index in [-0.39, 0.29) is 6.04 Å². The highest BCUT2D eigenvalue weighted by Crippen LogP contribution is 2.19. The van der Waals surface area contributed by atoms with Crippen LogP contribution < -0.4 is 5.32 Å². The Balaban J connectivity index is 2.11. The van der Waals surface area contributed by atoms with Crippen molar-refractivity contribution in [3.8, 4) is 0 Å². The molecule has 0 aliphatic heterocycles. The lowest BCUT2D eigenvalue weighted by Gasteiger charge is -2.19. The Labute approximate surface area is 132 Å². The average Bonchev–Trinajstić information content (AvgIpc) is 2.46. The summed E-state index contributed by atoms with van der Waals surface area (Å²) in [5.41, 5.74) is 2.00. The summed E-state index contributed by atoms with van der Waals surface area (Å²) in [6.45, 7) is 2.87. The third-order valence-corrected chi connectivity index (χ3v) is 4.16. The molecule has 0 fully saturated rings. The zero-order valence-electron chi connectivity index (χ0n) is 11.9. The van der Waals surface area contributed by atoms with Gasteiger partial charge in [0.1, 0.15) is 0 Å². The molecule has 0 spiro atoms. The molecule has 0 aliphatic rings. The smallest absolute Gasteiger partial charge is 0.159 e. The molecule has 0 saturated carbocycles. The number of hydrogen-bond donors (Lipinski definition) is 1. The van der Waals surface area contributed by atoms with Gasteiger partial charge < -0.3 is 5.32 Å². The molecule has 0 amide bonds. The van der Waals surface area contributed by atoms with E-state index in [0.29, 0.717) is 6.42 Å². The van der Waals surface area contributed by atoms with Crippen molar-refractivity contribution in [2.45, 2.75) is 25.8 Å². The van der Waals surface area contributed by atoms with Crippen molar-refractivity contribution in [1.29, 1.82) is 0 Å². The van der Waals surface area contributed by atoms with Gasteiger partial charge in [-0.1, -0.05) is 47.1 Å². The van der Waals surface area contributed by atoms with Crippen LogP contribution in [0.25, 0.3) is 0 Å². The molecule has 0 bridgehead atoms. The highest BCUT2D eigenvalue weighted by Gasteiger charge is 2.12. The van der Waals surface area contributed by atoms with Crippen LogP contribution in [0.3, 0.4) is 0 Å². The normalized spacial score (nSPS) is 12.4. The summed E-state index contributed by atoms with van der Waals surface area (Å²) >= 11 is 3.55. The molecule has 1 nitrogen and oxygen atoms in total. The Morgan fingerprint density at radius 2 is 1.81 bits per heavy atom. The molecule has 0 aliphatic carbocycles. The highest BCUT2D eigenvalue weighted by atomic mass is 79.9. The topological polar surface area (TPSA) is 12.0 Å². The van der Waals surface area contributed by atoms with Crippen molar-refractivity contribution in [1.82, 2.24) is 5.32 Å². The first-order chi connectivity index (χ1) is 10.1. The van der Waals surface area contributed by atoms with Crippen LogP contribution in [0, 0.1) is 11.6 Å². The lowest BCUT2D eigenvalue weighted by atomic mass is 9.99. The fourth-order valence-electron chi connectivity index (χ4n) is 2.39. The third-order valence-electron chi connectivity index (χ3n) is 3.38. The minimum atomic E-state index is -0.801. The van der Waals surface area contributed by atoms with Gasteiger partial charge in [-0.3, -0.25) is 0 Å². The summed E-state index contributed by atoms with van der Waals surface area (Å²) in [6, 6.07) is 12.3. The van der Waals surface area contributed by atoms with Gasteiger partial charge in [0.05, 0.1) is 0 Å². The predicted molar refractivity (Wildman–Crippen MR) is 85.4 cm³/mol. The van der Waals surface area contributed by atoms with E-state index in [1.807, 2.05) is 25.1 Å². The first-order valence-corrected chi connectivity index (χ1v) is 7.80. The Kier molecular flexibility index (Phi) is 5.88. The third kappa shape index (κ3) is 4.61. The molecule has 112 valence electrons. The molecule has 0 heterocycles. The highest BCUT2D eigenvalue weighted by molar-refractivity contribution is 9.10. The van der Waals surface area contributed by atoms with Gasteiger partial charge in [0.25, 0.3) is 0 Å². The van der Waals surface area contributed by atoms with Crippen molar-refractivity contribution in [2.75, 3.05) is 6.54 Å². The fourth-order valence-corrected chi connectivity index (χ4v) is 2.83. The van der Waals surface area contributed by atoms with Crippen LogP contribution in [0.15, 0.2) is 46.9 Å². The number of nitrogens with one attached hydrogen (secondary N) is 1. The van der Waals surface area contributed by atoms with Gasteiger partial charge in [-0.25, -0.2) is 8.78 Å². The van der Waals surface area contributed by atoms with Gasteiger partial charge in [0.2, 0.25) is 0 Å². The first kappa shape index (κ1) is 16.1. The molecule has 0 aromatic heterocycles. The van der Waals surface area contributed by atoms with Crippen LogP contribution in [0.2, 0.25) is 0 Å². The molecule has 4 heteroatoms. The standard InChI is InChI=1S/C17H18BrF2N/c1-2-21-14(11-13-5-3-4-6-15(13)18)9-12-7-8-16(19)17(20)10-12/h3-8,10,14,21H,2,9,11H2,1H3. The number of likely N-dealkylation sites (N-methyl/N-ethyl adjacent to an activating group) is 1. The van der Waals surface area contributed by atoms with Gasteiger partial charge >= 0.3 is 0 Å². The van der Waals surface area contributed by atoms with E-state index in [9.17, 15) is 8.78 Å². The molecular formula is C17H18BrF2N. The second-order valence-corrected chi connectivity index (χ2v) is 5.86. The largest absolute Gasteiger partial charge is 0.314 e. The van der Waals surface area contributed by atoms with E-state index in [2.05, 4.69) is 27.3 Å². The second kappa shape index (κ2) is 7.66. The SMILES string of the molecule is CCNC(Cc1ccc(F)c(F)c1)Cc1ccccc1Br. The van der Waals surface area contributed by atoms with E-state index in [4.69, 9.17) is 0 Å². The number of benzene rings is 2. The molecule has 1 N–H and O–H groups in total. The Bertz CT molecular complexity index is 601. The van der Waals surface area contributed by atoms with Crippen LogP contribution in [0.5, 0.6) is 0 Å². The summed E-state index contributed by atoms with van der Waals surface area (Å²) in [5, 5.41) is 3.40. The van der Waals surface area contributed by atoms with E-state index in [0.717, 1.165) is 23.0 Å². The lowest BCUT2D eigenvalue weighted by Crippen LogP contribution is -2.33. The molecule has 2 rings (SSSR count). The first-order valence-electron chi connectivity index (χ1n) is 7.01. The van der Waals surface area contributed by atoms with Crippen molar-refractivity contribution >= 4 is 15.9 Å². The van der Waals surface area contributed by atoms with Crippen LogP contribution in [0.1, 0.15) is 18.1 Å². The minimum absolute atomic E-state index is 0.179. The summed E-state index contributed by atoms with van der Waals surface area (Å²) in [4.78, 5) is 0. The number of rotatable bonds is 6. The van der Waals surface area contributed by atoms with Crippen molar-refractivity contribution in [3.63, 3.8) is 0 Å². The van der Waals surface area contributed by atoms with Gasteiger partial charge in [-0.2, -0.15) is 0 Å². The van der Waals surface area contributed by atoms with Crippen LogP contribution >= 0.6 is 15.9 Å². The number of hydrogen-bond acceptors (Lipinski definition) is 1. The number of halogens is 3. The van der Waals surface area contributed by atoms with Gasteiger partial charge in [-0.05, 0) is 48.7 Å². The molecule has 1 atom stereocenters. The van der Waals surface area contributed by atoms with E-state index < -0.39 is 11.6 Å². The van der Waals surface area contributed by atoms with Crippen LogP contribution in [-0.2, 0) is 12.8 Å². The van der Waals surface area contributed by atoms with Crippen molar-refractivity contribution < 1.29 is 8.78 Å². The molecule has 0 radical (unpaired) electrons. The van der Waals surface area contributed by atoms with Crippen molar-refractivity contribution in [2.24, 2.45) is 0 Å². The lowest BCUT2D eigenvalue weighted by molar-refractivity contribution is 0.498. The second-order valence-electron chi connectivity index (χ2n) is 5.00. The monoisotopic (exact) mass is 353 g/mol. The Morgan fingerprint density at radius 3 is 2.48 bits per heavy atom. The summed E-state index contributed by atoms with van der Waals surface area (Å²) in [6.07, 6.45) is 1.49. The van der Waals surface area contributed by atoms with Gasteiger partial charge in [0.15, 0.2) is 11.6 Å². The van der Waals surface area contributed by atoms with Crippen LogP contribution in [0.4, 0.5) is 8.78 Å². The van der Waals surface area contributed by atoms with Crippen molar-refractivity contribution in [3.05, 3.63) is 69.7 Å². The maximum atomic E-state index is 13.3. The summed E-state index contributed by atoms with van der Waals surface area (Å²) in [7, 11) is 0.